The molecule has 0 radical (unpaired) electrons. The monoisotopic (exact) mass is 547 g/mol. The number of likely N-dealkylation sites (tertiary alicyclic amines) is 1. The number of carbonyl (C=O) groups is 2. The van der Waals surface area contributed by atoms with Gasteiger partial charge >= 0.3 is 6.18 Å². The molecule has 1 aromatic carbocycles. The lowest BCUT2D eigenvalue weighted by atomic mass is 9.74. The summed E-state index contributed by atoms with van der Waals surface area (Å²) in [6.45, 7) is 1.66. The molecular formula is C25H24F7N3O3. The molecule has 2 amide bonds. The van der Waals surface area contributed by atoms with Gasteiger partial charge in [0.15, 0.2) is 0 Å². The number of benzene rings is 1. The summed E-state index contributed by atoms with van der Waals surface area (Å²) >= 11 is 0. The predicted octanol–water partition coefficient (Wildman–Crippen LogP) is 4.94. The van der Waals surface area contributed by atoms with Crippen LogP contribution < -0.4 is 5.32 Å². The number of amides is 2. The van der Waals surface area contributed by atoms with E-state index in [-0.39, 0.29) is 30.9 Å². The molecule has 2 N–H and O–H groups in total. The molecule has 1 saturated heterocycles. The highest BCUT2D eigenvalue weighted by Crippen LogP contribution is 2.41. The molecule has 1 aromatic heterocycles. The first-order chi connectivity index (χ1) is 17.8. The number of nitrogens with one attached hydrogen (secondary N) is 1. The smallest absolute Gasteiger partial charge is 0.393 e. The van der Waals surface area contributed by atoms with Crippen molar-refractivity contribution >= 4 is 11.8 Å². The Labute approximate surface area is 212 Å². The van der Waals surface area contributed by atoms with E-state index in [1.165, 1.54) is 11.0 Å². The Morgan fingerprint density at radius 2 is 1.79 bits per heavy atom. The third kappa shape index (κ3) is 5.47. The normalized spacial score (nSPS) is 24.3. The molecule has 6 nitrogen and oxygen atoms in total. The average Bonchev–Trinajstić information content (AvgIpc) is 3.22. The Hall–Kier alpha value is -3.22. The Kier molecular flexibility index (Phi) is 7.69. The van der Waals surface area contributed by atoms with Crippen molar-refractivity contribution < 1.29 is 45.4 Å². The fourth-order valence-corrected chi connectivity index (χ4v) is 5.05. The van der Waals surface area contributed by atoms with Gasteiger partial charge in [0.05, 0.1) is 17.7 Å². The Bertz CT molecular complexity index is 1220. The van der Waals surface area contributed by atoms with Crippen molar-refractivity contribution in [2.45, 2.75) is 69.4 Å². The summed E-state index contributed by atoms with van der Waals surface area (Å²) in [5.74, 6) is -5.17. The SMILES string of the molecule is C[C@@H]1CC[C@H](C(=O)N[C@@H](c2cc(F)c(C(F)(F)F)cc2F)C2CC(O)C2)N1C(=O)c1ccnc(C(F)F)c1. The Balaban J connectivity index is 1.61. The number of aliphatic hydroxyl groups is 1. The predicted molar refractivity (Wildman–Crippen MR) is 119 cm³/mol. The van der Waals surface area contributed by atoms with E-state index < -0.39 is 83.0 Å². The second kappa shape index (κ2) is 10.5. The molecule has 0 bridgehead atoms. The lowest BCUT2D eigenvalue weighted by molar-refractivity contribution is -0.140. The van der Waals surface area contributed by atoms with Crippen molar-refractivity contribution in [2.24, 2.45) is 5.92 Å². The summed E-state index contributed by atoms with van der Waals surface area (Å²) in [6.07, 6.45) is -7.05. The minimum absolute atomic E-state index is 0.0242. The van der Waals surface area contributed by atoms with E-state index in [4.69, 9.17) is 0 Å². The molecule has 0 unspecified atom stereocenters. The van der Waals surface area contributed by atoms with E-state index in [0.717, 1.165) is 12.3 Å². The molecule has 2 aliphatic rings. The van der Waals surface area contributed by atoms with Gasteiger partial charge < -0.3 is 15.3 Å². The van der Waals surface area contributed by atoms with Crippen LogP contribution in [0.2, 0.25) is 0 Å². The van der Waals surface area contributed by atoms with Crippen LogP contribution in [0.15, 0.2) is 30.5 Å². The molecule has 2 fully saturated rings. The molecule has 2 aromatic rings. The van der Waals surface area contributed by atoms with E-state index in [1.54, 1.807) is 6.92 Å². The van der Waals surface area contributed by atoms with Crippen molar-refractivity contribution in [3.05, 3.63) is 64.5 Å². The van der Waals surface area contributed by atoms with Crippen molar-refractivity contribution in [2.75, 3.05) is 0 Å². The fraction of sp³-hybridized carbons (Fsp3) is 0.480. The second-order valence-electron chi connectivity index (χ2n) is 9.65. The van der Waals surface area contributed by atoms with Crippen LogP contribution in [0.25, 0.3) is 0 Å². The molecular weight excluding hydrogens is 523 g/mol. The maximum Gasteiger partial charge on any atom is 0.419 e. The highest BCUT2D eigenvalue weighted by Gasteiger charge is 2.44. The number of aromatic nitrogens is 1. The van der Waals surface area contributed by atoms with Crippen LogP contribution in [0.3, 0.4) is 0 Å². The summed E-state index contributed by atoms with van der Waals surface area (Å²) in [5.41, 5.74) is -3.04. The molecule has 1 aliphatic heterocycles. The van der Waals surface area contributed by atoms with E-state index in [9.17, 15) is 45.4 Å². The number of rotatable bonds is 6. The zero-order valence-corrected chi connectivity index (χ0v) is 20.0. The minimum atomic E-state index is -5.13. The molecule has 3 atom stereocenters. The number of halogens is 7. The topological polar surface area (TPSA) is 82.5 Å². The van der Waals surface area contributed by atoms with E-state index in [0.29, 0.717) is 12.5 Å². The average molecular weight is 547 g/mol. The molecule has 2 heterocycles. The first-order valence-corrected chi connectivity index (χ1v) is 11.9. The summed E-state index contributed by atoms with van der Waals surface area (Å²) in [6, 6.07) is -0.283. The summed E-state index contributed by atoms with van der Waals surface area (Å²) in [4.78, 5) is 31.3. The van der Waals surface area contributed by atoms with Gasteiger partial charge in [0.25, 0.3) is 12.3 Å². The Morgan fingerprint density at radius 1 is 1.11 bits per heavy atom. The third-order valence-electron chi connectivity index (χ3n) is 7.10. The molecule has 13 heteroatoms. The highest BCUT2D eigenvalue weighted by atomic mass is 19.4. The van der Waals surface area contributed by atoms with Crippen LogP contribution in [-0.2, 0) is 11.0 Å². The van der Waals surface area contributed by atoms with Crippen LogP contribution in [0.1, 0.15) is 72.3 Å². The third-order valence-corrected chi connectivity index (χ3v) is 7.10. The maximum absolute atomic E-state index is 14.8. The van der Waals surface area contributed by atoms with Crippen LogP contribution in [-0.4, -0.2) is 45.0 Å². The van der Waals surface area contributed by atoms with Gasteiger partial charge in [-0.1, -0.05) is 0 Å². The quantitative estimate of drug-likeness (QED) is 0.503. The van der Waals surface area contributed by atoms with E-state index >= 15 is 0 Å². The van der Waals surface area contributed by atoms with Gasteiger partial charge in [-0.2, -0.15) is 13.2 Å². The van der Waals surface area contributed by atoms with Crippen molar-refractivity contribution in [3.63, 3.8) is 0 Å². The van der Waals surface area contributed by atoms with Crippen LogP contribution in [0, 0.1) is 17.6 Å². The van der Waals surface area contributed by atoms with Crippen molar-refractivity contribution in [3.8, 4) is 0 Å². The zero-order valence-electron chi connectivity index (χ0n) is 20.0. The number of hydrogen-bond acceptors (Lipinski definition) is 4. The van der Waals surface area contributed by atoms with Crippen LogP contribution in [0.4, 0.5) is 30.7 Å². The summed E-state index contributed by atoms with van der Waals surface area (Å²) in [7, 11) is 0. The van der Waals surface area contributed by atoms with Crippen molar-refractivity contribution in [1.82, 2.24) is 15.2 Å². The Morgan fingerprint density at radius 3 is 2.39 bits per heavy atom. The first kappa shape index (κ1) is 27.8. The summed E-state index contributed by atoms with van der Waals surface area (Å²) < 4.78 is 94.4. The molecule has 4 rings (SSSR count). The van der Waals surface area contributed by atoms with Gasteiger partial charge in [0.1, 0.15) is 23.4 Å². The zero-order chi connectivity index (χ0) is 27.9. The van der Waals surface area contributed by atoms with Gasteiger partial charge in [0, 0.05) is 23.4 Å². The molecule has 1 saturated carbocycles. The number of carbonyl (C=O) groups excluding carboxylic acids is 2. The largest absolute Gasteiger partial charge is 0.419 e. The highest BCUT2D eigenvalue weighted by molar-refractivity contribution is 5.98. The lowest BCUT2D eigenvalue weighted by Gasteiger charge is -2.39. The van der Waals surface area contributed by atoms with Gasteiger partial charge in [-0.05, 0) is 62.8 Å². The van der Waals surface area contributed by atoms with Crippen molar-refractivity contribution in [1.29, 1.82) is 0 Å². The number of nitrogens with zero attached hydrogens (tertiary/aromatic N) is 2. The van der Waals surface area contributed by atoms with Gasteiger partial charge in [0.2, 0.25) is 5.91 Å². The second-order valence-corrected chi connectivity index (χ2v) is 9.65. The molecule has 38 heavy (non-hydrogen) atoms. The van der Waals surface area contributed by atoms with Crippen LogP contribution >= 0.6 is 0 Å². The minimum Gasteiger partial charge on any atom is -0.393 e. The summed E-state index contributed by atoms with van der Waals surface area (Å²) in [5, 5.41) is 12.3. The van der Waals surface area contributed by atoms with E-state index in [1.807, 2.05) is 0 Å². The standard InChI is InChI=1S/C25H24F7N3O3/c1-11-2-3-20(35(11)24(38)12-4-5-33-19(8-12)22(28)29)23(37)34-21(13-6-14(36)7-13)15-9-18(27)16(10-17(15)26)25(30,31)32/h4-5,8-11,13-14,20-22,36H,2-3,6-7H2,1H3,(H,34,37)/t11-,13?,14?,20-,21-/m1/s1. The van der Waals surface area contributed by atoms with Gasteiger partial charge in [-0.15, -0.1) is 0 Å². The lowest BCUT2D eigenvalue weighted by Crippen LogP contribution is -2.51. The number of alkyl halides is 5. The number of hydrogen-bond donors (Lipinski definition) is 2. The van der Waals surface area contributed by atoms with Gasteiger partial charge in [-0.25, -0.2) is 17.6 Å². The van der Waals surface area contributed by atoms with Crippen LogP contribution in [0.5, 0.6) is 0 Å². The molecule has 0 spiro atoms. The molecule has 1 aliphatic carbocycles. The number of pyridine rings is 1. The van der Waals surface area contributed by atoms with E-state index in [2.05, 4.69) is 10.3 Å². The van der Waals surface area contributed by atoms with Gasteiger partial charge in [-0.3, -0.25) is 14.6 Å². The first-order valence-electron chi connectivity index (χ1n) is 11.9. The number of aliphatic hydroxyl groups excluding tert-OH is 1. The maximum atomic E-state index is 14.8. The fourth-order valence-electron chi connectivity index (χ4n) is 5.05. The molecule has 206 valence electrons.